The molecule has 0 unspecified atom stereocenters. The topological polar surface area (TPSA) is 62.2 Å². The van der Waals surface area contributed by atoms with Crippen molar-refractivity contribution in [2.45, 2.75) is 12.1 Å². The lowest BCUT2D eigenvalue weighted by molar-refractivity contribution is -0.597. The third-order valence-electron chi connectivity index (χ3n) is 4.68. The van der Waals surface area contributed by atoms with Gasteiger partial charge in [0.1, 0.15) is 0 Å². The van der Waals surface area contributed by atoms with Gasteiger partial charge in [-0.15, -0.1) is 10.2 Å². The molecule has 0 radical (unpaired) electrons. The molecule has 0 fully saturated rings. The van der Waals surface area contributed by atoms with E-state index in [2.05, 4.69) is 21.2 Å². The molecule has 0 saturated heterocycles. The zero-order valence-electron chi connectivity index (χ0n) is 16.4. The molecule has 2 aromatic carbocycles. The summed E-state index contributed by atoms with van der Waals surface area (Å²) in [6.45, 7) is 2.01. The highest BCUT2D eigenvalue weighted by Crippen LogP contribution is 2.38. The fourth-order valence-electron chi connectivity index (χ4n) is 3.38. The molecule has 29 heavy (non-hydrogen) atoms. The lowest BCUT2D eigenvalue weighted by atomic mass is 10.0. The van der Waals surface area contributed by atoms with E-state index in [1.165, 1.54) is 11.8 Å². The first-order valence-corrected chi connectivity index (χ1v) is 10.5. The van der Waals surface area contributed by atoms with Gasteiger partial charge in [-0.25, -0.2) is 0 Å². The number of benzene rings is 2. The number of pyridine rings is 1. The molecule has 0 saturated carbocycles. The Kier molecular flexibility index (Phi) is 5.34. The Morgan fingerprint density at radius 2 is 1.76 bits per heavy atom. The molecular weight excluding hydrogens is 408 g/mol. The fraction of sp³-hybridized carbons (Fsp3) is 0.190. The van der Waals surface area contributed by atoms with Crippen molar-refractivity contribution < 1.29 is 14.0 Å². The molecule has 0 bridgehead atoms. The van der Waals surface area contributed by atoms with Crippen LogP contribution in [0.5, 0.6) is 11.5 Å². The number of fused-ring (bicyclic) bond motifs is 1. The van der Waals surface area contributed by atoms with Crippen molar-refractivity contribution in [3.63, 3.8) is 0 Å². The van der Waals surface area contributed by atoms with Gasteiger partial charge in [-0.3, -0.25) is 4.57 Å². The van der Waals surface area contributed by atoms with Gasteiger partial charge in [0.25, 0.3) is 5.95 Å². The summed E-state index contributed by atoms with van der Waals surface area (Å²) in [5.41, 5.74) is 2.68. The van der Waals surface area contributed by atoms with Gasteiger partial charge >= 0.3 is 0 Å². The number of aryl methyl sites for hydroxylation is 1. The van der Waals surface area contributed by atoms with Crippen LogP contribution in [0.3, 0.4) is 0 Å². The average molecular weight is 427 g/mol. The summed E-state index contributed by atoms with van der Waals surface area (Å²) in [5, 5.41) is 11.6. The number of rotatable bonds is 5. The predicted octanol–water partition coefficient (Wildman–Crippen LogP) is 4.23. The van der Waals surface area contributed by atoms with E-state index in [4.69, 9.17) is 21.1 Å². The Hall–Kier alpha value is -2.77. The van der Waals surface area contributed by atoms with Crippen LogP contribution in [0.25, 0.3) is 28.0 Å². The Balaban J connectivity index is 2.15. The van der Waals surface area contributed by atoms with E-state index in [1.807, 2.05) is 54.1 Å². The van der Waals surface area contributed by atoms with Gasteiger partial charge in [0.2, 0.25) is 5.16 Å². The molecule has 6 nitrogen and oxygen atoms in total. The van der Waals surface area contributed by atoms with Crippen LogP contribution in [-0.4, -0.2) is 30.7 Å². The van der Waals surface area contributed by atoms with E-state index in [0.717, 1.165) is 27.7 Å². The maximum atomic E-state index is 6.61. The van der Waals surface area contributed by atoms with Crippen molar-refractivity contribution in [3.8, 4) is 28.7 Å². The molecule has 0 aliphatic carbocycles. The molecule has 0 amide bonds. The molecule has 0 atom stereocenters. The number of thioether (sulfide) groups is 1. The van der Waals surface area contributed by atoms with Gasteiger partial charge in [0, 0.05) is 21.7 Å². The smallest absolute Gasteiger partial charge is 0.256 e. The highest BCUT2D eigenvalue weighted by atomic mass is 35.5. The van der Waals surface area contributed by atoms with Crippen molar-refractivity contribution in [3.05, 3.63) is 53.2 Å². The zero-order chi connectivity index (χ0) is 20.5. The Morgan fingerprint density at radius 3 is 2.41 bits per heavy atom. The van der Waals surface area contributed by atoms with Gasteiger partial charge in [-0.2, -0.15) is 4.98 Å². The van der Waals surface area contributed by atoms with Gasteiger partial charge in [0.05, 0.1) is 19.9 Å². The predicted molar refractivity (Wildman–Crippen MR) is 114 cm³/mol. The minimum absolute atomic E-state index is 0.499. The third kappa shape index (κ3) is 3.41. The molecule has 4 rings (SSSR count). The molecule has 2 heterocycles. The molecule has 8 heteroatoms. The van der Waals surface area contributed by atoms with E-state index in [1.54, 1.807) is 14.2 Å². The van der Waals surface area contributed by atoms with Crippen molar-refractivity contribution in [1.29, 1.82) is 0 Å². The molecule has 2 aromatic heterocycles. The number of nitrogens with zero attached hydrogens (tertiary/aromatic N) is 4. The van der Waals surface area contributed by atoms with Gasteiger partial charge in [0.15, 0.2) is 11.5 Å². The standard InChI is InChI=1S/C21H19ClN4O2S/c1-12-9-13-10-17(27-2)18(28-3)11-15(13)19(14-7-5-6-8-16(14)22)26(12)20-23-21(29-4)25-24-20/h5-11H,1-4H3. The summed E-state index contributed by atoms with van der Waals surface area (Å²) >= 11 is 8.05. The Labute approximate surface area is 177 Å². The first-order valence-electron chi connectivity index (χ1n) is 8.85. The van der Waals surface area contributed by atoms with Crippen molar-refractivity contribution in [2.75, 3.05) is 20.5 Å². The summed E-state index contributed by atoms with van der Waals surface area (Å²) < 4.78 is 13.0. The zero-order valence-corrected chi connectivity index (χ0v) is 18.0. The van der Waals surface area contributed by atoms with Crippen LogP contribution in [0.4, 0.5) is 0 Å². The highest BCUT2D eigenvalue weighted by molar-refractivity contribution is 7.98. The largest absolute Gasteiger partial charge is 0.493 e. The second-order valence-corrected chi connectivity index (χ2v) is 7.52. The maximum absolute atomic E-state index is 6.61. The molecule has 0 aliphatic heterocycles. The Morgan fingerprint density at radius 1 is 1.03 bits per heavy atom. The summed E-state index contributed by atoms with van der Waals surface area (Å²) in [6.07, 6.45) is 1.92. The molecular formula is C21H19ClN4O2S. The number of ether oxygens (including phenoxy) is 2. The minimum atomic E-state index is 0.499. The van der Waals surface area contributed by atoms with Crippen LogP contribution in [0.15, 0.2) is 47.6 Å². The van der Waals surface area contributed by atoms with Crippen LogP contribution in [0.1, 0.15) is 5.69 Å². The van der Waals surface area contributed by atoms with Crippen molar-refractivity contribution in [1.82, 2.24) is 15.2 Å². The summed E-state index contributed by atoms with van der Waals surface area (Å²) in [5.74, 6) is 1.80. The average Bonchev–Trinajstić information content (AvgIpc) is 3.21. The quantitative estimate of drug-likeness (QED) is 0.351. The summed E-state index contributed by atoms with van der Waals surface area (Å²) in [7, 11) is 3.25. The van der Waals surface area contributed by atoms with Crippen molar-refractivity contribution in [2.24, 2.45) is 0 Å². The SMILES string of the molecule is COc1cc2cc(C)[n+](-c3nnc(SC)[n-]3)c(-c3ccccc3Cl)c2cc1OC. The van der Waals surface area contributed by atoms with Crippen LogP contribution >= 0.6 is 23.4 Å². The van der Waals surface area contributed by atoms with E-state index in [-0.39, 0.29) is 0 Å². The number of halogens is 1. The fourth-order valence-corrected chi connectivity index (χ4v) is 3.90. The number of methoxy groups -OCH3 is 2. The van der Waals surface area contributed by atoms with Crippen LogP contribution in [-0.2, 0) is 0 Å². The summed E-state index contributed by atoms with van der Waals surface area (Å²) in [6, 6.07) is 13.7. The van der Waals surface area contributed by atoms with E-state index < -0.39 is 0 Å². The lowest BCUT2D eigenvalue weighted by Crippen LogP contribution is -2.39. The number of aromatic nitrogens is 4. The van der Waals surface area contributed by atoms with Gasteiger partial charge in [-0.05, 0) is 42.8 Å². The van der Waals surface area contributed by atoms with Crippen molar-refractivity contribution >= 4 is 34.1 Å². The normalized spacial score (nSPS) is 11.1. The maximum Gasteiger partial charge on any atom is 0.256 e. The van der Waals surface area contributed by atoms with Crippen LogP contribution in [0, 0.1) is 6.92 Å². The minimum Gasteiger partial charge on any atom is -0.493 e. The van der Waals surface area contributed by atoms with E-state index >= 15 is 0 Å². The molecule has 4 aromatic rings. The number of hydrogen-bond acceptors (Lipinski definition) is 5. The summed E-state index contributed by atoms with van der Waals surface area (Å²) in [4.78, 5) is 4.56. The van der Waals surface area contributed by atoms with E-state index in [0.29, 0.717) is 27.6 Å². The number of hydrogen-bond donors (Lipinski definition) is 0. The van der Waals surface area contributed by atoms with Crippen LogP contribution < -0.4 is 19.0 Å². The van der Waals surface area contributed by atoms with Gasteiger partial charge < -0.3 is 9.47 Å². The highest BCUT2D eigenvalue weighted by Gasteiger charge is 2.20. The monoisotopic (exact) mass is 426 g/mol. The van der Waals surface area contributed by atoms with Gasteiger partial charge in [-0.1, -0.05) is 41.6 Å². The second-order valence-electron chi connectivity index (χ2n) is 6.34. The molecule has 0 spiro atoms. The first-order chi connectivity index (χ1) is 14.1. The molecule has 0 N–H and O–H groups in total. The second kappa shape index (κ2) is 7.93. The lowest BCUT2D eigenvalue weighted by Gasteiger charge is -2.20. The Bertz CT molecular complexity index is 1210. The van der Waals surface area contributed by atoms with Crippen LogP contribution in [0.2, 0.25) is 5.02 Å². The third-order valence-corrected chi connectivity index (χ3v) is 5.55. The first kappa shape index (κ1) is 19.5. The van der Waals surface area contributed by atoms with E-state index in [9.17, 15) is 0 Å². The molecule has 0 aliphatic rings. The molecule has 148 valence electrons.